The van der Waals surface area contributed by atoms with Crippen LogP contribution in [0, 0.1) is 0 Å². The predicted molar refractivity (Wildman–Crippen MR) is 41.5 cm³/mol. The van der Waals surface area contributed by atoms with Crippen LogP contribution in [-0.4, -0.2) is 34.8 Å². The van der Waals surface area contributed by atoms with Crippen molar-refractivity contribution in [2.24, 2.45) is 0 Å². The Morgan fingerprint density at radius 2 is 2.33 bits per heavy atom. The molecule has 0 aromatic rings. The maximum atomic E-state index is 10.6. The van der Waals surface area contributed by atoms with Gasteiger partial charge in [0.25, 0.3) is 0 Å². The van der Waals surface area contributed by atoms with E-state index in [0.29, 0.717) is 6.42 Å². The predicted octanol–water partition coefficient (Wildman–Crippen LogP) is 0.629. The van der Waals surface area contributed by atoms with Gasteiger partial charge in [-0.1, -0.05) is 0 Å². The van der Waals surface area contributed by atoms with Crippen LogP contribution in [0.2, 0.25) is 0 Å². The van der Waals surface area contributed by atoms with Gasteiger partial charge in [-0.05, 0) is 19.3 Å². The smallest absolute Gasteiger partial charge is 0.335 e. The molecule has 1 atom stereocenters. The van der Waals surface area contributed by atoms with Crippen molar-refractivity contribution in [2.75, 3.05) is 7.05 Å². The summed E-state index contributed by atoms with van der Waals surface area (Å²) in [4.78, 5) is 15.8. The lowest BCUT2D eigenvalue weighted by molar-refractivity contribution is -0.196. The van der Waals surface area contributed by atoms with Gasteiger partial charge in [0, 0.05) is 19.0 Å². The molecule has 1 aliphatic carbocycles. The number of carbonyl (C=O) groups is 1. The molecule has 0 radical (unpaired) electrons. The van der Waals surface area contributed by atoms with Gasteiger partial charge in [0.2, 0.25) is 0 Å². The van der Waals surface area contributed by atoms with Crippen molar-refractivity contribution >= 4 is 5.97 Å². The summed E-state index contributed by atoms with van der Waals surface area (Å²) in [6.07, 6.45) is 3.38. The molecule has 0 aromatic heterocycles. The van der Waals surface area contributed by atoms with Crippen molar-refractivity contribution in [2.45, 2.75) is 37.3 Å². The average Bonchev–Trinajstić information content (AvgIpc) is 2.25. The lowest BCUT2D eigenvalue weighted by atomic mass is 9.74. The summed E-state index contributed by atoms with van der Waals surface area (Å²) in [5.41, 5.74) is 0.0586. The summed E-state index contributed by atoms with van der Waals surface area (Å²) in [6, 6.07) is 0. The average molecular weight is 171 g/mol. The molecule has 12 heavy (non-hydrogen) atoms. The van der Waals surface area contributed by atoms with Crippen LogP contribution in [-0.2, 0) is 9.63 Å². The Morgan fingerprint density at radius 1 is 1.67 bits per heavy atom. The largest absolute Gasteiger partial charge is 0.479 e. The number of hydrogen-bond donors (Lipinski definition) is 1. The molecule has 1 unspecified atom stereocenters. The zero-order chi connectivity index (χ0) is 8.77. The molecule has 2 fully saturated rings. The van der Waals surface area contributed by atoms with E-state index in [1.807, 2.05) is 7.05 Å². The van der Waals surface area contributed by atoms with E-state index in [2.05, 4.69) is 0 Å². The first-order valence-electron chi connectivity index (χ1n) is 4.27. The fraction of sp³-hybridized carbons (Fsp3) is 0.875. The molecule has 0 aromatic carbocycles. The second-order valence-corrected chi connectivity index (χ2v) is 3.71. The molecule has 4 nitrogen and oxygen atoms in total. The first-order chi connectivity index (χ1) is 5.64. The fourth-order valence-corrected chi connectivity index (χ4v) is 2.05. The van der Waals surface area contributed by atoms with Crippen molar-refractivity contribution in [3.05, 3.63) is 0 Å². The summed E-state index contributed by atoms with van der Waals surface area (Å²) >= 11 is 0. The summed E-state index contributed by atoms with van der Waals surface area (Å²) in [7, 11) is 1.84. The topological polar surface area (TPSA) is 49.8 Å². The minimum atomic E-state index is -0.842. The summed E-state index contributed by atoms with van der Waals surface area (Å²) in [6.45, 7) is 0. The second-order valence-electron chi connectivity index (χ2n) is 3.71. The van der Waals surface area contributed by atoms with Crippen molar-refractivity contribution in [1.82, 2.24) is 5.06 Å². The maximum Gasteiger partial charge on any atom is 0.335 e. The third-order valence-corrected chi connectivity index (χ3v) is 3.08. The first kappa shape index (κ1) is 8.01. The van der Waals surface area contributed by atoms with E-state index in [4.69, 9.17) is 9.94 Å². The zero-order valence-corrected chi connectivity index (χ0v) is 7.12. The van der Waals surface area contributed by atoms with Gasteiger partial charge in [0.1, 0.15) is 0 Å². The van der Waals surface area contributed by atoms with Crippen LogP contribution in [0.25, 0.3) is 0 Å². The van der Waals surface area contributed by atoms with Crippen molar-refractivity contribution in [3.63, 3.8) is 0 Å². The van der Waals surface area contributed by atoms with Gasteiger partial charge in [0.15, 0.2) is 6.10 Å². The monoisotopic (exact) mass is 171 g/mol. The highest BCUT2D eigenvalue weighted by Crippen LogP contribution is 2.45. The molecule has 4 heteroatoms. The molecule has 0 bridgehead atoms. The number of carboxylic acids is 1. The van der Waals surface area contributed by atoms with E-state index in [9.17, 15) is 4.79 Å². The Balaban J connectivity index is 2.07. The highest BCUT2D eigenvalue weighted by molar-refractivity contribution is 5.72. The number of hydroxylamine groups is 2. The normalized spacial score (nSPS) is 33.6. The lowest BCUT2D eigenvalue weighted by Crippen LogP contribution is -2.46. The molecule has 1 saturated carbocycles. The Bertz CT molecular complexity index is 212. The van der Waals surface area contributed by atoms with E-state index in [0.717, 1.165) is 12.8 Å². The van der Waals surface area contributed by atoms with E-state index < -0.39 is 12.1 Å². The SMILES string of the molecule is CN1OC(C(=O)O)CC12CCC2. The molecular weight excluding hydrogens is 158 g/mol. The Kier molecular flexibility index (Phi) is 1.63. The van der Waals surface area contributed by atoms with Crippen LogP contribution in [0.1, 0.15) is 25.7 Å². The quantitative estimate of drug-likeness (QED) is 0.628. The van der Waals surface area contributed by atoms with Crippen molar-refractivity contribution in [1.29, 1.82) is 0 Å². The minimum absolute atomic E-state index is 0.0586. The number of aliphatic carboxylic acids is 1. The molecule has 1 saturated heterocycles. The van der Waals surface area contributed by atoms with E-state index >= 15 is 0 Å². The van der Waals surface area contributed by atoms with Gasteiger partial charge in [-0.15, -0.1) is 0 Å². The van der Waals surface area contributed by atoms with Gasteiger partial charge < -0.3 is 5.11 Å². The molecule has 1 heterocycles. The van der Waals surface area contributed by atoms with Crippen molar-refractivity contribution < 1.29 is 14.7 Å². The van der Waals surface area contributed by atoms with Crippen LogP contribution in [0.4, 0.5) is 0 Å². The van der Waals surface area contributed by atoms with Crippen LogP contribution < -0.4 is 0 Å². The zero-order valence-electron chi connectivity index (χ0n) is 7.12. The molecule has 1 spiro atoms. The molecule has 2 rings (SSSR count). The van der Waals surface area contributed by atoms with E-state index in [1.165, 1.54) is 6.42 Å². The molecule has 2 aliphatic rings. The van der Waals surface area contributed by atoms with Gasteiger partial charge in [0.05, 0.1) is 0 Å². The van der Waals surface area contributed by atoms with Crippen LogP contribution in [0.15, 0.2) is 0 Å². The van der Waals surface area contributed by atoms with E-state index in [1.54, 1.807) is 5.06 Å². The standard InChI is InChI=1S/C8H13NO3/c1-9-8(3-2-4-8)5-6(12-9)7(10)11/h6H,2-5H2,1H3,(H,10,11). The van der Waals surface area contributed by atoms with Gasteiger partial charge in [-0.3, -0.25) is 4.84 Å². The summed E-state index contributed by atoms with van der Waals surface area (Å²) in [5, 5.41) is 10.5. The van der Waals surface area contributed by atoms with Crippen LogP contribution >= 0.6 is 0 Å². The lowest BCUT2D eigenvalue weighted by Gasteiger charge is -2.41. The molecular formula is C8H13NO3. The van der Waals surface area contributed by atoms with Gasteiger partial charge in [-0.2, -0.15) is 5.06 Å². The minimum Gasteiger partial charge on any atom is -0.479 e. The van der Waals surface area contributed by atoms with Crippen LogP contribution in [0.5, 0.6) is 0 Å². The molecule has 68 valence electrons. The Hall–Kier alpha value is -0.610. The number of hydrogen-bond acceptors (Lipinski definition) is 3. The summed E-state index contributed by atoms with van der Waals surface area (Å²) in [5.74, 6) is -0.842. The number of carboxylic acid groups (broad SMARTS) is 1. The molecule has 1 N–H and O–H groups in total. The highest BCUT2D eigenvalue weighted by Gasteiger charge is 2.51. The van der Waals surface area contributed by atoms with E-state index in [-0.39, 0.29) is 5.54 Å². The highest BCUT2D eigenvalue weighted by atomic mass is 16.7. The first-order valence-corrected chi connectivity index (χ1v) is 4.27. The van der Waals surface area contributed by atoms with Crippen molar-refractivity contribution in [3.8, 4) is 0 Å². The third kappa shape index (κ3) is 0.949. The van der Waals surface area contributed by atoms with Crippen LogP contribution in [0.3, 0.4) is 0 Å². The molecule has 1 aliphatic heterocycles. The second kappa shape index (κ2) is 2.44. The summed E-state index contributed by atoms with van der Waals surface area (Å²) < 4.78 is 0. The number of nitrogens with zero attached hydrogens (tertiary/aromatic N) is 1. The number of rotatable bonds is 1. The fourth-order valence-electron chi connectivity index (χ4n) is 2.05. The molecule has 0 amide bonds. The Labute approximate surface area is 71.1 Å². The third-order valence-electron chi connectivity index (χ3n) is 3.08. The van der Waals surface area contributed by atoms with Gasteiger partial charge in [-0.25, -0.2) is 4.79 Å². The Morgan fingerprint density at radius 3 is 2.58 bits per heavy atom. The van der Waals surface area contributed by atoms with Gasteiger partial charge >= 0.3 is 5.97 Å². The maximum absolute atomic E-state index is 10.6.